The molecule has 0 spiro atoms. The van der Waals surface area contributed by atoms with Crippen molar-refractivity contribution in [1.29, 1.82) is 0 Å². The largest absolute Gasteiger partial charge is 0.493 e. The van der Waals surface area contributed by atoms with Crippen LogP contribution in [0.2, 0.25) is 0 Å². The Balaban J connectivity index is 1.84. The molecule has 84 valence electrons. The fraction of sp³-hybridized carbons (Fsp3) is 0.250. The molecule has 0 radical (unpaired) electrons. The lowest BCUT2D eigenvalue weighted by Crippen LogP contribution is -2.05. The van der Waals surface area contributed by atoms with Gasteiger partial charge in [-0.15, -0.1) is 0 Å². The van der Waals surface area contributed by atoms with E-state index < -0.39 is 0 Å². The first kappa shape index (κ1) is 11.4. The summed E-state index contributed by atoms with van der Waals surface area (Å²) in [6.07, 6.45) is 2.68. The van der Waals surface area contributed by atoms with Crippen molar-refractivity contribution < 1.29 is 4.74 Å². The van der Waals surface area contributed by atoms with Gasteiger partial charge in [0, 0.05) is 28.9 Å². The molecule has 0 amide bonds. The minimum Gasteiger partial charge on any atom is -0.493 e. The molecule has 16 heavy (non-hydrogen) atoms. The van der Waals surface area contributed by atoms with Crippen molar-refractivity contribution >= 4 is 22.6 Å². The van der Waals surface area contributed by atoms with Gasteiger partial charge in [0.2, 0.25) is 0 Å². The molecule has 0 atom stereocenters. The second kappa shape index (κ2) is 5.34. The van der Waals surface area contributed by atoms with Gasteiger partial charge in [0.15, 0.2) is 0 Å². The van der Waals surface area contributed by atoms with Gasteiger partial charge in [-0.2, -0.15) is 5.10 Å². The van der Waals surface area contributed by atoms with Crippen molar-refractivity contribution in [3.05, 3.63) is 45.8 Å². The summed E-state index contributed by atoms with van der Waals surface area (Å²) in [6.45, 7) is 0.681. The number of nitrogens with zero attached hydrogens (tertiary/aromatic N) is 2. The molecule has 0 saturated heterocycles. The number of aryl methyl sites for hydroxylation is 1. The zero-order chi connectivity index (χ0) is 11.4. The van der Waals surface area contributed by atoms with E-state index in [1.807, 2.05) is 42.1 Å². The molecular formula is C12H13IN2O. The molecule has 0 aliphatic heterocycles. The Hall–Kier alpha value is -1.04. The van der Waals surface area contributed by atoms with E-state index in [-0.39, 0.29) is 0 Å². The highest BCUT2D eigenvalue weighted by Crippen LogP contribution is 2.13. The molecule has 1 heterocycles. The van der Waals surface area contributed by atoms with Gasteiger partial charge < -0.3 is 4.74 Å². The first-order valence-electron chi connectivity index (χ1n) is 5.11. The van der Waals surface area contributed by atoms with Crippen molar-refractivity contribution in [2.45, 2.75) is 6.42 Å². The number of ether oxygens (including phenoxy) is 1. The number of hydrogen-bond donors (Lipinski definition) is 0. The number of aromatic nitrogens is 2. The van der Waals surface area contributed by atoms with E-state index in [2.05, 4.69) is 27.7 Å². The van der Waals surface area contributed by atoms with Crippen molar-refractivity contribution in [3.63, 3.8) is 0 Å². The van der Waals surface area contributed by atoms with Crippen molar-refractivity contribution in [2.75, 3.05) is 6.61 Å². The van der Waals surface area contributed by atoms with Crippen LogP contribution in [-0.4, -0.2) is 16.4 Å². The molecule has 3 nitrogen and oxygen atoms in total. The predicted molar refractivity (Wildman–Crippen MR) is 71.6 cm³/mol. The van der Waals surface area contributed by atoms with E-state index in [4.69, 9.17) is 4.74 Å². The zero-order valence-corrected chi connectivity index (χ0v) is 11.2. The summed E-state index contributed by atoms with van der Waals surface area (Å²) in [7, 11) is 1.94. The number of rotatable bonds is 4. The molecule has 0 fully saturated rings. The third-order valence-electron chi connectivity index (χ3n) is 2.36. The van der Waals surface area contributed by atoms with E-state index in [9.17, 15) is 0 Å². The normalized spacial score (nSPS) is 10.4. The topological polar surface area (TPSA) is 27.1 Å². The summed E-state index contributed by atoms with van der Waals surface area (Å²) in [5, 5.41) is 4.11. The lowest BCUT2D eigenvalue weighted by Gasteiger charge is -2.06. The Morgan fingerprint density at radius 1 is 1.25 bits per heavy atom. The van der Waals surface area contributed by atoms with Gasteiger partial charge in [-0.05, 0) is 52.9 Å². The standard InChI is InChI=1S/C12H13IN2O/c1-15-11(6-8-14-15)7-9-16-12-4-2-10(13)3-5-12/h2-6,8H,7,9H2,1H3. The monoisotopic (exact) mass is 328 g/mol. The van der Waals surface area contributed by atoms with Gasteiger partial charge in [-0.25, -0.2) is 0 Å². The van der Waals surface area contributed by atoms with Crippen LogP contribution in [-0.2, 0) is 13.5 Å². The molecule has 0 saturated carbocycles. The number of benzene rings is 1. The highest BCUT2D eigenvalue weighted by Gasteiger charge is 1.99. The quantitative estimate of drug-likeness (QED) is 0.807. The Labute approximate surface area is 109 Å². The van der Waals surface area contributed by atoms with Gasteiger partial charge in [0.25, 0.3) is 0 Å². The molecule has 2 rings (SSSR count). The van der Waals surface area contributed by atoms with Gasteiger partial charge >= 0.3 is 0 Å². The first-order valence-corrected chi connectivity index (χ1v) is 6.19. The molecule has 4 heteroatoms. The summed E-state index contributed by atoms with van der Waals surface area (Å²) < 4.78 is 8.74. The SMILES string of the molecule is Cn1nccc1CCOc1ccc(I)cc1. The maximum Gasteiger partial charge on any atom is 0.119 e. The summed E-state index contributed by atoms with van der Waals surface area (Å²) in [4.78, 5) is 0. The number of halogens is 1. The molecule has 2 aromatic rings. The van der Waals surface area contributed by atoms with E-state index in [0.717, 1.165) is 12.2 Å². The van der Waals surface area contributed by atoms with Crippen LogP contribution in [0.4, 0.5) is 0 Å². The van der Waals surface area contributed by atoms with Crippen LogP contribution in [0.25, 0.3) is 0 Å². The lowest BCUT2D eigenvalue weighted by atomic mass is 10.3. The van der Waals surface area contributed by atoms with Crippen molar-refractivity contribution in [2.24, 2.45) is 7.05 Å². The summed E-state index contributed by atoms with van der Waals surface area (Å²) in [6, 6.07) is 10.1. The van der Waals surface area contributed by atoms with Gasteiger partial charge in [-0.1, -0.05) is 0 Å². The molecule has 0 aliphatic rings. The fourth-order valence-electron chi connectivity index (χ4n) is 1.45. The van der Waals surface area contributed by atoms with Crippen molar-refractivity contribution in [1.82, 2.24) is 9.78 Å². The van der Waals surface area contributed by atoms with Crippen LogP contribution >= 0.6 is 22.6 Å². The summed E-state index contributed by atoms with van der Waals surface area (Å²) in [5.74, 6) is 0.919. The molecule has 0 bridgehead atoms. The maximum atomic E-state index is 5.64. The van der Waals surface area contributed by atoms with Crippen LogP contribution in [0.3, 0.4) is 0 Å². The molecular weight excluding hydrogens is 315 g/mol. The first-order chi connectivity index (χ1) is 7.75. The lowest BCUT2D eigenvalue weighted by molar-refractivity contribution is 0.318. The second-order valence-corrected chi connectivity index (χ2v) is 4.74. The maximum absolute atomic E-state index is 5.64. The Kier molecular flexibility index (Phi) is 3.82. The highest BCUT2D eigenvalue weighted by molar-refractivity contribution is 14.1. The zero-order valence-electron chi connectivity index (χ0n) is 9.06. The summed E-state index contributed by atoms with van der Waals surface area (Å²) >= 11 is 2.28. The average molecular weight is 328 g/mol. The minimum absolute atomic E-state index is 0.681. The Morgan fingerprint density at radius 3 is 2.62 bits per heavy atom. The number of hydrogen-bond acceptors (Lipinski definition) is 2. The van der Waals surface area contributed by atoms with E-state index >= 15 is 0 Å². The molecule has 0 unspecified atom stereocenters. The van der Waals surface area contributed by atoms with Crippen LogP contribution in [0.5, 0.6) is 5.75 Å². The Morgan fingerprint density at radius 2 is 2.00 bits per heavy atom. The van der Waals surface area contributed by atoms with E-state index in [0.29, 0.717) is 6.61 Å². The average Bonchev–Trinajstić information content (AvgIpc) is 2.68. The van der Waals surface area contributed by atoms with Crippen LogP contribution in [0.1, 0.15) is 5.69 Å². The van der Waals surface area contributed by atoms with Crippen LogP contribution < -0.4 is 4.74 Å². The van der Waals surface area contributed by atoms with Gasteiger partial charge in [0.1, 0.15) is 5.75 Å². The Bertz CT molecular complexity index is 450. The smallest absolute Gasteiger partial charge is 0.119 e. The summed E-state index contributed by atoms with van der Waals surface area (Å²) in [5.41, 5.74) is 1.19. The molecule has 1 aromatic carbocycles. The predicted octanol–water partition coefficient (Wildman–Crippen LogP) is 2.65. The highest BCUT2D eigenvalue weighted by atomic mass is 127. The van der Waals surface area contributed by atoms with E-state index in [1.165, 1.54) is 9.26 Å². The molecule has 1 aromatic heterocycles. The third kappa shape index (κ3) is 2.98. The molecule has 0 N–H and O–H groups in total. The third-order valence-corrected chi connectivity index (χ3v) is 3.08. The van der Waals surface area contributed by atoms with Crippen molar-refractivity contribution in [3.8, 4) is 5.75 Å². The van der Waals surface area contributed by atoms with Gasteiger partial charge in [-0.3, -0.25) is 4.68 Å². The van der Waals surface area contributed by atoms with Crippen LogP contribution in [0.15, 0.2) is 36.5 Å². The van der Waals surface area contributed by atoms with Crippen LogP contribution in [0, 0.1) is 3.57 Å². The second-order valence-electron chi connectivity index (χ2n) is 3.50. The fourth-order valence-corrected chi connectivity index (χ4v) is 1.81. The minimum atomic E-state index is 0.681. The van der Waals surface area contributed by atoms with Gasteiger partial charge in [0.05, 0.1) is 6.61 Å². The molecule has 0 aliphatic carbocycles. The van der Waals surface area contributed by atoms with E-state index in [1.54, 1.807) is 6.20 Å².